The summed E-state index contributed by atoms with van der Waals surface area (Å²) in [4.78, 5) is 4.73. The van der Waals surface area contributed by atoms with Crippen LogP contribution in [0.25, 0.3) is 0 Å². The van der Waals surface area contributed by atoms with Gasteiger partial charge in [-0.05, 0) is 12.1 Å². The molecule has 2 heterocycles. The lowest BCUT2D eigenvalue weighted by molar-refractivity contribution is 0.409. The molecule has 0 unspecified atom stereocenters. The van der Waals surface area contributed by atoms with Crippen LogP contribution in [0.2, 0.25) is 0 Å². The zero-order valence-corrected chi connectivity index (χ0v) is 12.8. The number of thiophene rings is 1. The fourth-order valence-corrected chi connectivity index (χ4v) is 3.73. The molecular weight excluding hydrogens is 300 g/mol. The number of rotatable bonds is 7. The van der Waals surface area contributed by atoms with Crippen molar-refractivity contribution >= 4 is 21.4 Å². The van der Waals surface area contributed by atoms with Gasteiger partial charge in [0, 0.05) is 17.5 Å². The Bertz CT molecular complexity index is 634. The van der Waals surface area contributed by atoms with Crippen LogP contribution in [0.15, 0.2) is 27.3 Å². The second-order valence-corrected chi connectivity index (χ2v) is 7.59. The number of sulfonamides is 1. The minimum Gasteiger partial charge on any atom is -0.343 e. The molecule has 0 aliphatic heterocycles. The molecule has 0 atom stereocenters. The molecule has 0 aliphatic rings. The Morgan fingerprint density at radius 3 is 2.80 bits per heavy atom. The van der Waals surface area contributed by atoms with E-state index in [2.05, 4.69) is 24.7 Å². The summed E-state index contributed by atoms with van der Waals surface area (Å²) in [5, 5.41) is 6.79. The van der Waals surface area contributed by atoms with Crippen LogP contribution in [0.1, 0.15) is 24.5 Å². The van der Waals surface area contributed by atoms with Crippen molar-refractivity contribution < 1.29 is 12.9 Å². The summed E-state index contributed by atoms with van der Waals surface area (Å²) in [6.07, 6.45) is 1.16. The number of aromatic nitrogens is 2. The van der Waals surface area contributed by atoms with Crippen LogP contribution in [-0.2, 0) is 23.1 Å². The van der Waals surface area contributed by atoms with Crippen molar-refractivity contribution in [2.24, 2.45) is 0 Å². The Hall–Kier alpha value is -1.29. The highest BCUT2D eigenvalue weighted by Gasteiger charge is 2.17. The van der Waals surface area contributed by atoms with Gasteiger partial charge in [0.1, 0.15) is 4.21 Å². The van der Waals surface area contributed by atoms with Crippen molar-refractivity contribution in [1.29, 1.82) is 0 Å². The number of hydrogen-bond acceptors (Lipinski definition) is 7. The molecule has 0 saturated heterocycles. The van der Waals surface area contributed by atoms with E-state index in [4.69, 9.17) is 0 Å². The average molecular weight is 316 g/mol. The van der Waals surface area contributed by atoms with Gasteiger partial charge >= 0.3 is 0 Å². The van der Waals surface area contributed by atoms with Gasteiger partial charge in [-0.1, -0.05) is 19.0 Å². The monoisotopic (exact) mass is 316 g/mol. The first-order valence-corrected chi connectivity index (χ1v) is 8.34. The van der Waals surface area contributed by atoms with Crippen molar-refractivity contribution in [2.45, 2.75) is 37.2 Å². The topological polar surface area (TPSA) is 97.1 Å². The van der Waals surface area contributed by atoms with E-state index in [-0.39, 0.29) is 10.8 Å². The van der Waals surface area contributed by atoms with Gasteiger partial charge in [-0.25, -0.2) is 13.1 Å². The maximum absolute atomic E-state index is 12.1. The van der Waals surface area contributed by atoms with Crippen LogP contribution in [-0.4, -0.2) is 24.6 Å². The highest BCUT2D eigenvalue weighted by Crippen LogP contribution is 2.21. The molecule has 0 aliphatic carbocycles. The molecule has 2 rings (SSSR count). The van der Waals surface area contributed by atoms with E-state index < -0.39 is 10.0 Å². The molecule has 0 fully saturated rings. The maximum Gasteiger partial charge on any atom is 0.250 e. The van der Waals surface area contributed by atoms with Crippen LogP contribution < -0.4 is 10.0 Å². The van der Waals surface area contributed by atoms with Gasteiger partial charge in [0.15, 0.2) is 5.82 Å². The molecule has 0 radical (unpaired) electrons. The van der Waals surface area contributed by atoms with Gasteiger partial charge in [-0.3, -0.25) is 0 Å². The molecule has 20 heavy (non-hydrogen) atoms. The number of hydrogen-bond donors (Lipinski definition) is 2. The van der Waals surface area contributed by atoms with Crippen LogP contribution in [0, 0.1) is 0 Å². The zero-order valence-electron chi connectivity index (χ0n) is 11.2. The summed E-state index contributed by atoms with van der Waals surface area (Å²) < 4.78 is 31.4. The molecule has 2 aromatic rings. The summed E-state index contributed by atoms with van der Waals surface area (Å²) in [6.45, 7) is 4.74. The third-order valence-corrected chi connectivity index (χ3v) is 5.39. The van der Waals surface area contributed by atoms with E-state index in [9.17, 15) is 8.42 Å². The van der Waals surface area contributed by atoms with E-state index in [1.807, 2.05) is 19.9 Å². The molecule has 0 amide bonds. The lowest BCUT2D eigenvalue weighted by atomic mass is 10.4. The first-order chi connectivity index (χ1) is 9.47. The Morgan fingerprint density at radius 2 is 2.15 bits per heavy atom. The van der Waals surface area contributed by atoms with Gasteiger partial charge < -0.3 is 9.84 Å². The van der Waals surface area contributed by atoms with Crippen LogP contribution >= 0.6 is 11.3 Å². The SMILES string of the molecule is CC(C)NCc1ccc(S(=O)(=O)NCc2ncon2)s1. The first-order valence-electron chi connectivity index (χ1n) is 6.04. The second-order valence-electron chi connectivity index (χ2n) is 4.43. The molecular formula is C11H16N4O3S2. The Labute approximate surface area is 121 Å². The molecule has 0 spiro atoms. The van der Waals surface area contributed by atoms with Crippen LogP contribution in [0.5, 0.6) is 0 Å². The summed E-state index contributed by atoms with van der Waals surface area (Å²) >= 11 is 1.24. The standard InChI is InChI=1S/C11H16N4O3S2/c1-8(2)12-5-9-3-4-11(19-9)20(16,17)14-6-10-13-7-18-15-10/h3-4,7-8,12,14H,5-6H2,1-2H3. The molecule has 9 heteroatoms. The highest BCUT2D eigenvalue weighted by molar-refractivity contribution is 7.91. The Balaban J connectivity index is 1.98. The third-order valence-electron chi connectivity index (χ3n) is 2.41. The molecule has 2 N–H and O–H groups in total. The zero-order chi connectivity index (χ0) is 14.6. The third kappa shape index (κ3) is 4.10. The first kappa shape index (κ1) is 15.1. The highest BCUT2D eigenvalue weighted by atomic mass is 32.2. The smallest absolute Gasteiger partial charge is 0.250 e. The predicted octanol–water partition coefficient (Wildman–Crippen LogP) is 1.11. The van der Waals surface area contributed by atoms with Crippen molar-refractivity contribution in [3.63, 3.8) is 0 Å². The quantitative estimate of drug-likeness (QED) is 0.794. The van der Waals surface area contributed by atoms with Gasteiger partial charge in [0.2, 0.25) is 16.4 Å². The van der Waals surface area contributed by atoms with Gasteiger partial charge in [-0.2, -0.15) is 4.98 Å². The number of nitrogens with one attached hydrogen (secondary N) is 2. The predicted molar refractivity (Wildman–Crippen MR) is 74.6 cm³/mol. The average Bonchev–Trinajstić information content (AvgIpc) is 3.05. The van der Waals surface area contributed by atoms with Crippen LogP contribution in [0.3, 0.4) is 0 Å². The summed E-state index contributed by atoms with van der Waals surface area (Å²) in [7, 11) is -3.54. The lowest BCUT2D eigenvalue weighted by Gasteiger charge is -2.05. The molecule has 0 saturated carbocycles. The normalized spacial score (nSPS) is 12.2. The van der Waals surface area contributed by atoms with E-state index in [0.29, 0.717) is 18.4 Å². The van der Waals surface area contributed by atoms with Crippen molar-refractivity contribution in [2.75, 3.05) is 0 Å². The van der Waals surface area contributed by atoms with E-state index in [0.717, 1.165) is 11.3 Å². The summed E-state index contributed by atoms with van der Waals surface area (Å²) in [6, 6.07) is 3.76. The van der Waals surface area contributed by atoms with Crippen molar-refractivity contribution in [1.82, 2.24) is 20.2 Å². The largest absolute Gasteiger partial charge is 0.343 e. The van der Waals surface area contributed by atoms with Gasteiger partial charge in [0.25, 0.3) is 0 Å². The summed E-state index contributed by atoms with van der Waals surface area (Å²) in [5.41, 5.74) is 0. The lowest BCUT2D eigenvalue weighted by Crippen LogP contribution is -2.23. The van der Waals surface area contributed by atoms with Crippen molar-refractivity contribution in [3.05, 3.63) is 29.2 Å². The van der Waals surface area contributed by atoms with Gasteiger partial charge in [0.05, 0.1) is 6.54 Å². The van der Waals surface area contributed by atoms with Gasteiger partial charge in [-0.15, -0.1) is 11.3 Å². The van der Waals surface area contributed by atoms with Crippen LogP contribution in [0.4, 0.5) is 0 Å². The Kier molecular flexibility index (Phi) is 4.86. The molecule has 2 aromatic heterocycles. The molecule has 0 aromatic carbocycles. The second kappa shape index (κ2) is 6.44. The maximum atomic E-state index is 12.1. The molecule has 7 nitrogen and oxygen atoms in total. The minimum atomic E-state index is -3.54. The van der Waals surface area contributed by atoms with Crippen molar-refractivity contribution in [3.8, 4) is 0 Å². The Morgan fingerprint density at radius 1 is 1.35 bits per heavy atom. The minimum absolute atomic E-state index is 0.0102. The fourth-order valence-electron chi connectivity index (χ4n) is 1.40. The van der Waals surface area contributed by atoms with E-state index >= 15 is 0 Å². The number of nitrogens with zero attached hydrogens (tertiary/aromatic N) is 2. The fraction of sp³-hybridized carbons (Fsp3) is 0.455. The van der Waals surface area contributed by atoms with E-state index in [1.54, 1.807) is 6.07 Å². The van der Waals surface area contributed by atoms with E-state index in [1.165, 1.54) is 11.3 Å². The molecule has 0 bridgehead atoms. The molecule has 110 valence electrons. The summed E-state index contributed by atoms with van der Waals surface area (Å²) in [5.74, 6) is 0.298.